The van der Waals surface area contributed by atoms with E-state index >= 15 is 0 Å². The number of hydrogen-bond acceptors (Lipinski definition) is 1. The smallest absolute Gasteiger partial charge is 0.0446 e. The lowest BCUT2D eigenvalue weighted by Crippen LogP contribution is -2.29. The molecule has 0 atom stereocenters. The topological polar surface area (TPSA) is 3.24 Å². The first kappa shape index (κ1) is 24.3. The summed E-state index contributed by atoms with van der Waals surface area (Å²) < 4.78 is 0. The maximum Gasteiger partial charge on any atom is 0.0446 e. The van der Waals surface area contributed by atoms with Gasteiger partial charge < -0.3 is 4.90 Å². The molecule has 0 aliphatic carbocycles. The Balaban J connectivity index is 1.52. The Labute approximate surface area is 256 Å². The Hall–Kier alpha value is -5.14. The van der Waals surface area contributed by atoms with Gasteiger partial charge in [-0.05, 0) is 107 Å². The molecule has 1 aliphatic heterocycles. The maximum absolute atomic E-state index is 2.63. The van der Waals surface area contributed by atoms with Gasteiger partial charge in [0.25, 0.3) is 0 Å². The molecule has 9 aromatic carbocycles. The van der Waals surface area contributed by atoms with Gasteiger partial charge in [-0.3, -0.25) is 0 Å². The molecule has 0 bridgehead atoms. The van der Waals surface area contributed by atoms with Crippen LogP contribution in [0.2, 0.25) is 0 Å². The zero-order valence-corrected chi connectivity index (χ0v) is 24.6. The van der Waals surface area contributed by atoms with E-state index in [-0.39, 0.29) is 0 Å². The predicted molar refractivity (Wildman–Crippen MR) is 191 cm³/mol. The molecule has 10 rings (SSSR count). The van der Waals surface area contributed by atoms with Crippen molar-refractivity contribution < 1.29 is 0 Å². The molecule has 208 valence electrons. The number of nitrogens with zero attached hydrogens (tertiary/aromatic N) is 1. The lowest BCUT2D eigenvalue weighted by atomic mass is 9.87. The standard InChI is InChI=1S/C43H31N/c1-4-13-28(14-5-1)37-40-31-20-10-17-27-18-11-21-32(36(27)31)41(40)38(29-15-6-2-7-16-29)43-34-23-24-35(44-25-8-3-9-26-44)30-19-12-22-33(39(30)34)42(37)43/h1-2,4-7,10-24H,3,8-9,25-26H2. The highest BCUT2D eigenvalue weighted by atomic mass is 15.1. The second kappa shape index (κ2) is 9.18. The fraction of sp³-hybridized carbons (Fsp3) is 0.116. The van der Waals surface area contributed by atoms with E-state index in [1.54, 1.807) is 0 Å². The van der Waals surface area contributed by atoms with Gasteiger partial charge in [0.15, 0.2) is 0 Å². The van der Waals surface area contributed by atoms with Crippen molar-refractivity contribution in [2.45, 2.75) is 19.3 Å². The van der Waals surface area contributed by atoms with E-state index in [1.165, 1.54) is 112 Å². The lowest BCUT2D eigenvalue weighted by Gasteiger charge is -2.30. The van der Waals surface area contributed by atoms with Gasteiger partial charge in [-0.25, -0.2) is 0 Å². The molecule has 0 saturated carbocycles. The van der Waals surface area contributed by atoms with Gasteiger partial charge in [0.1, 0.15) is 0 Å². The van der Waals surface area contributed by atoms with E-state index in [4.69, 9.17) is 0 Å². The minimum absolute atomic E-state index is 1.14. The fourth-order valence-corrected chi connectivity index (χ4v) is 8.59. The number of hydrogen-bond donors (Lipinski definition) is 0. The van der Waals surface area contributed by atoms with Crippen molar-refractivity contribution in [3.05, 3.63) is 127 Å². The summed E-state index contributed by atoms with van der Waals surface area (Å²) in [7, 11) is 0. The first-order chi connectivity index (χ1) is 21.9. The molecular formula is C43H31N. The van der Waals surface area contributed by atoms with E-state index < -0.39 is 0 Å². The van der Waals surface area contributed by atoms with Gasteiger partial charge in [0.05, 0.1) is 0 Å². The van der Waals surface area contributed by atoms with E-state index in [1.807, 2.05) is 0 Å². The van der Waals surface area contributed by atoms with E-state index in [9.17, 15) is 0 Å². The summed E-state index contributed by atoms with van der Waals surface area (Å²) in [5.41, 5.74) is 6.68. The molecule has 0 amide bonds. The van der Waals surface area contributed by atoms with Crippen LogP contribution in [0.3, 0.4) is 0 Å². The minimum Gasteiger partial charge on any atom is -0.371 e. The molecule has 0 aromatic heterocycles. The third-order valence-electron chi connectivity index (χ3n) is 10.3. The zero-order valence-electron chi connectivity index (χ0n) is 24.6. The van der Waals surface area contributed by atoms with Crippen molar-refractivity contribution >= 4 is 70.3 Å². The van der Waals surface area contributed by atoms with Crippen LogP contribution in [0, 0.1) is 0 Å². The average Bonchev–Trinajstić information content (AvgIpc) is 3.61. The van der Waals surface area contributed by atoms with Crippen LogP contribution in [0.5, 0.6) is 0 Å². The van der Waals surface area contributed by atoms with Crippen molar-refractivity contribution in [3.63, 3.8) is 0 Å². The zero-order chi connectivity index (χ0) is 28.8. The molecule has 0 N–H and O–H groups in total. The van der Waals surface area contributed by atoms with E-state index in [2.05, 4.69) is 132 Å². The number of benzene rings is 7. The molecule has 1 nitrogen and oxygen atoms in total. The van der Waals surface area contributed by atoms with Crippen LogP contribution in [0.1, 0.15) is 19.3 Å². The van der Waals surface area contributed by atoms with Crippen LogP contribution < -0.4 is 4.90 Å². The van der Waals surface area contributed by atoms with Crippen LogP contribution in [0.4, 0.5) is 5.69 Å². The monoisotopic (exact) mass is 561 g/mol. The lowest BCUT2D eigenvalue weighted by molar-refractivity contribution is 0.579. The van der Waals surface area contributed by atoms with Crippen LogP contribution in [0.25, 0.3) is 86.9 Å². The largest absolute Gasteiger partial charge is 0.371 e. The van der Waals surface area contributed by atoms with Crippen LogP contribution >= 0.6 is 0 Å². The molecule has 0 radical (unpaired) electrons. The molecule has 1 saturated heterocycles. The quantitative estimate of drug-likeness (QED) is 0.207. The third-order valence-corrected chi connectivity index (χ3v) is 10.3. The maximum atomic E-state index is 2.63. The summed E-state index contributed by atoms with van der Waals surface area (Å²) in [5.74, 6) is 0. The summed E-state index contributed by atoms with van der Waals surface area (Å²) in [6.07, 6.45) is 3.89. The molecular weight excluding hydrogens is 530 g/mol. The van der Waals surface area contributed by atoms with Crippen molar-refractivity contribution in [2.24, 2.45) is 0 Å². The van der Waals surface area contributed by atoms with E-state index in [0.29, 0.717) is 0 Å². The highest BCUT2D eigenvalue weighted by Gasteiger charge is 2.28. The molecule has 44 heavy (non-hydrogen) atoms. The Morgan fingerprint density at radius 1 is 0.341 bits per heavy atom. The van der Waals surface area contributed by atoms with Crippen molar-refractivity contribution in [1.82, 2.24) is 0 Å². The Morgan fingerprint density at radius 2 is 0.818 bits per heavy atom. The third kappa shape index (κ3) is 3.19. The molecule has 0 spiro atoms. The summed E-state index contributed by atoms with van der Waals surface area (Å²) in [5, 5.41) is 16.4. The van der Waals surface area contributed by atoms with Gasteiger partial charge in [-0.2, -0.15) is 0 Å². The second-order valence-electron chi connectivity index (χ2n) is 12.6. The normalized spacial score (nSPS) is 14.3. The molecule has 1 heterocycles. The van der Waals surface area contributed by atoms with Crippen molar-refractivity contribution in [2.75, 3.05) is 18.0 Å². The Kier molecular flexibility index (Phi) is 5.07. The first-order valence-corrected chi connectivity index (χ1v) is 16.1. The van der Waals surface area contributed by atoms with Gasteiger partial charge in [-0.15, -0.1) is 0 Å². The summed E-state index contributed by atoms with van der Waals surface area (Å²) in [4.78, 5) is 2.63. The van der Waals surface area contributed by atoms with Crippen LogP contribution in [0.15, 0.2) is 127 Å². The molecule has 1 fully saturated rings. The molecule has 1 heteroatoms. The first-order valence-electron chi connectivity index (χ1n) is 16.1. The van der Waals surface area contributed by atoms with Gasteiger partial charge in [0.2, 0.25) is 0 Å². The summed E-state index contributed by atoms with van der Waals surface area (Å²) >= 11 is 0. The highest BCUT2D eigenvalue weighted by molar-refractivity contribution is 6.46. The Bertz CT molecular complexity index is 2380. The van der Waals surface area contributed by atoms with Crippen LogP contribution in [-0.2, 0) is 0 Å². The van der Waals surface area contributed by atoms with Crippen LogP contribution in [-0.4, -0.2) is 13.1 Å². The van der Waals surface area contributed by atoms with Gasteiger partial charge >= 0.3 is 0 Å². The fourth-order valence-electron chi connectivity index (χ4n) is 8.59. The number of fused-ring (bicyclic) bond motifs is 6. The molecule has 0 unspecified atom stereocenters. The predicted octanol–water partition coefficient (Wildman–Crippen LogP) is 11.8. The SMILES string of the molecule is c1ccc(-c2c3c4cccc5cccc(c3c(-c3ccccc3)c3c6ccc(N7CCCCC7)c7cccc(c23)c76)c54)cc1. The highest BCUT2D eigenvalue weighted by Crippen LogP contribution is 2.56. The van der Waals surface area contributed by atoms with Crippen molar-refractivity contribution in [3.8, 4) is 22.3 Å². The molecule has 1 aliphatic rings. The Morgan fingerprint density at radius 3 is 1.39 bits per heavy atom. The van der Waals surface area contributed by atoms with E-state index in [0.717, 1.165) is 13.1 Å². The number of piperidine rings is 1. The number of anilines is 1. The average molecular weight is 562 g/mol. The van der Waals surface area contributed by atoms with Gasteiger partial charge in [0, 0.05) is 24.2 Å². The van der Waals surface area contributed by atoms with Gasteiger partial charge in [-0.1, -0.05) is 121 Å². The summed E-state index contributed by atoms with van der Waals surface area (Å²) in [6, 6.07) is 47.9. The number of rotatable bonds is 3. The minimum atomic E-state index is 1.14. The molecule has 9 aromatic rings. The van der Waals surface area contributed by atoms with Crippen molar-refractivity contribution in [1.29, 1.82) is 0 Å². The summed E-state index contributed by atoms with van der Waals surface area (Å²) in [6.45, 7) is 2.29. The second-order valence-corrected chi connectivity index (χ2v) is 12.6.